The van der Waals surface area contributed by atoms with Gasteiger partial charge in [-0.2, -0.15) is 5.26 Å². The van der Waals surface area contributed by atoms with Crippen molar-refractivity contribution in [3.63, 3.8) is 0 Å². The molecule has 0 heterocycles. The fraction of sp³-hybridized carbons (Fsp3) is 0.385. The predicted molar refractivity (Wildman–Crippen MR) is 73.4 cm³/mol. The Morgan fingerprint density at radius 1 is 1.38 bits per heavy atom. The minimum absolute atomic E-state index is 0.0690. The third-order valence-corrected chi connectivity index (χ3v) is 4.59. The number of amides is 1. The Morgan fingerprint density at radius 3 is 2.48 bits per heavy atom. The second-order valence-corrected chi connectivity index (χ2v) is 6.21. The van der Waals surface area contributed by atoms with E-state index in [1.54, 1.807) is 13.0 Å². The Bertz CT molecular complexity index is 651. The topological polar surface area (TPSA) is 127 Å². The maximum atomic E-state index is 12.1. The van der Waals surface area contributed by atoms with E-state index < -0.39 is 34.6 Å². The molecule has 0 saturated carbocycles. The molecule has 0 atom stereocenters. The summed E-state index contributed by atoms with van der Waals surface area (Å²) in [6, 6.07) is 6.97. The summed E-state index contributed by atoms with van der Waals surface area (Å²) in [6.45, 7) is 0.189. The summed E-state index contributed by atoms with van der Waals surface area (Å²) in [5.41, 5.74) is -1.43. The highest BCUT2D eigenvalue weighted by atomic mass is 32.2. The minimum Gasteiger partial charge on any atom is -0.395 e. The van der Waals surface area contributed by atoms with Crippen molar-refractivity contribution in [2.75, 3.05) is 13.2 Å². The lowest BCUT2D eigenvalue weighted by molar-refractivity contribution is -0.134. The van der Waals surface area contributed by atoms with Crippen LogP contribution in [0.1, 0.15) is 18.9 Å². The summed E-state index contributed by atoms with van der Waals surface area (Å²) in [4.78, 5) is 11.8. The summed E-state index contributed by atoms with van der Waals surface area (Å²) < 4.78 is 26.0. The lowest BCUT2D eigenvalue weighted by Crippen LogP contribution is -2.47. The molecule has 0 aliphatic rings. The number of aliphatic hydroxyl groups excluding tert-OH is 2. The van der Waals surface area contributed by atoms with E-state index in [1.165, 1.54) is 18.2 Å². The largest absolute Gasteiger partial charge is 0.395 e. The van der Waals surface area contributed by atoms with Gasteiger partial charge in [-0.05, 0) is 24.6 Å². The van der Waals surface area contributed by atoms with Gasteiger partial charge in [0.2, 0.25) is 5.91 Å². The molecule has 114 valence electrons. The van der Waals surface area contributed by atoms with Gasteiger partial charge in [0.1, 0.15) is 0 Å². The molecule has 1 aromatic carbocycles. The number of hydrogen-bond donors (Lipinski definition) is 3. The second-order valence-electron chi connectivity index (χ2n) is 4.52. The van der Waals surface area contributed by atoms with Gasteiger partial charge in [0.15, 0.2) is 0 Å². The van der Waals surface area contributed by atoms with Gasteiger partial charge in [0.05, 0.1) is 35.2 Å². The van der Waals surface area contributed by atoms with Crippen LogP contribution in [0.25, 0.3) is 0 Å². The molecule has 0 radical (unpaired) electrons. The predicted octanol–water partition coefficient (Wildman–Crippen LogP) is -0.256. The van der Waals surface area contributed by atoms with Crippen LogP contribution in [0.15, 0.2) is 29.2 Å². The lowest BCUT2D eigenvalue weighted by atomic mass is 9.86. The molecule has 0 aromatic heterocycles. The third kappa shape index (κ3) is 3.58. The molecule has 21 heavy (non-hydrogen) atoms. The minimum atomic E-state index is -4.18. The number of aliphatic hydroxyl groups is 2. The first-order valence-corrected chi connectivity index (χ1v) is 7.62. The Labute approximate surface area is 122 Å². The highest BCUT2D eigenvalue weighted by molar-refractivity contribution is 7.90. The molecule has 0 spiro atoms. The van der Waals surface area contributed by atoms with Crippen LogP contribution in [-0.2, 0) is 14.8 Å². The molecule has 3 N–H and O–H groups in total. The molecule has 8 heteroatoms. The molecule has 1 amide bonds. The average Bonchev–Trinajstić information content (AvgIpc) is 2.49. The molecule has 0 unspecified atom stereocenters. The summed E-state index contributed by atoms with van der Waals surface area (Å²) in [5.74, 6) is -0.989. The van der Waals surface area contributed by atoms with Crippen molar-refractivity contribution < 1.29 is 23.4 Å². The first kappa shape index (κ1) is 17.1. The Kier molecular flexibility index (Phi) is 5.43. The van der Waals surface area contributed by atoms with Crippen LogP contribution in [0.3, 0.4) is 0 Å². The monoisotopic (exact) mass is 312 g/mol. The summed E-state index contributed by atoms with van der Waals surface area (Å²) >= 11 is 0. The molecule has 0 fully saturated rings. The zero-order valence-corrected chi connectivity index (χ0v) is 12.2. The molecule has 1 rings (SSSR count). The number of sulfonamides is 1. The number of nitrogens with zero attached hydrogens (tertiary/aromatic N) is 1. The Balaban J connectivity index is 3.10. The van der Waals surface area contributed by atoms with Gasteiger partial charge in [-0.1, -0.05) is 13.0 Å². The fourth-order valence-corrected chi connectivity index (χ4v) is 2.72. The Morgan fingerprint density at radius 2 is 2.00 bits per heavy atom. The van der Waals surface area contributed by atoms with E-state index in [4.69, 9.17) is 5.26 Å². The van der Waals surface area contributed by atoms with Crippen LogP contribution in [0.4, 0.5) is 0 Å². The quantitative estimate of drug-likeness (QED) is 0.664. The molecule has 7 nitrogen and oxygen atoms in total. The van der Waals surface area contributed by atoms with Gasteiger partial charge in [-0.3, -0.25) is 4.79 Å². The van der Waals surface area contributed by atoms with Crippen molar-refractivity contribution in [1.29, 1.82) is 5.26 Å². The van der Waals surface area contributed by atoms with Gasteiger partial charge in [-0.15, -0.1) is 0 Å². The SMILES string of the molecule is CCC(CO)(CO)C(=O)NS(=O)(=O)c1cccc(C#N)c1. The van der Waals surface area contributed by atoms with Crippen LogP contribution in [0, 0.1) is 16.7 Å². The van der Waals surface area contributed by atoms with Gasteiger partial charge in [0.25, 0.3) is 10.0 Å². The van der Waals surface area contributed by atoms with E-state index in [0.717, 1.165) is 6.07 Å². The third-order valence-electron chi connectivity index (χ3n) is 3.26. The zero-order valence-electron chi connectivity index (χ0n) is 11.4. The van der Waals surface area contributed by atoms with Crippen LogP contribution < -0.4 is 4.72 Å². The normalized spacial score (nSPS) is 11.7. The van der Waals surface area contributed by atoms with Crippen molar-refractivity contribution in [2.45, 2.75) is 18.2 Å². The lowest BCUT2D eigenvalue weighted by Gasteiger charge is -2.26. The van der Waals surface area contributed by atoms with Crippen LogP contribution >= 0.6 is 0 Å². The van der Waals surface area contributed by atoms with Gasteiger partial charge in [-0.25, -0.2) is 13.1 Å². The van der Waals surface area contributed by atoms with Crippen LogP contribution in [0.2, 0.25) is 0 Å². The summed E-state index contributed by atoms with van der Waals surface area (Å²) in [7, 11) is -4.18. The van der Waals surface area contributed by atoms with Crippen molar-refractivity contribution in [3.8, 4) is 6.07 Å². The van der Waals surface area contributed by atoms with Crippen LogP contribution in [-0.4, -0.2) is 37.8 Å². The van der Waals surface area contributed by atoms with Crippen molar-refractivity contribution in [3.05, 3.63) is 29.8 Å². The number of carbonyl (C=O) groups is 1. The summed E-state index contributed by atoms with van der Waals surface area (Å²) in [6.07, 6.45) is 0.0690. The number of carbonyl (C=O) groups excluding carboxylic acids is 1. The van der Waals surface area contributed by atoms with Gasteiger partial charge >= 0.3 is 0 Å². The van der Waals surface area contributed by atoms with E-state index in [0.29, 0.717) is 0 Å². The molecule has 0 aliphatic carbocycles. The molecular weight excluding hydrogens is 296 g/mol. The molecule has 0 bridgehead atoms. The number of benzene rings is 1. The standard InChI is InChI=1S/C13H16N2O5S/c1-2-13(8-16,9-17)12(18)15-21(19,20)11-5-3-4-10(6-11)7-14/h3-6,16-17H,2,8-9H2,1H3,(H,15,18). The number of nitrogens with one attached hydrogen (secondary N) is 1. The van der Waals surface area contributed by atoms with E-state index in [9.17, 15) is 23.4 Å². The highest BCUT2D eigenvalue weighted by Gasteiger charge is 2.38. The number of hydrogen-bond acceptors (Lipinski definition) is 6. The van der Waals surface area contributed by atoms with Gasteiger partial charge in [0, 0.05) is 0 Å². The average molecular weight is 312 g/mol. The molecule has 0 saturated heterocycles. The second kappa shape index (κ2) is 6.67. The van der Waals surface area contributed by atoms with Crippen molar-refractivity contribution >= 4 is 15.9 Å². The molecular formula is C13H16N2O5S. The highest BCUT2D eigenvalue weighted by Crippen LogP contribution is 2.22. The first-order valence-electron chi connectivity index (χ1n) is 6.14. The Hall–Kier alpha value is -1.95. The fourth-order valence-electron chi connectivity index (χ4n) is 1.60. The van der Waals surface area contributed by atoms with E-state index >= 15 is 0 Å². The zero-order chi connectivity index (χ0) is 16.1. The van der Waals surface area contributed by atoms with Crippen molar-refractivity contribution in [2.24, 2.45) is 5.41 Å². The smallest absolute Gasteiger partial charge is 0.264 e. The molecule has 1 aromatic rings. The van der Waals surface area contributed by atoms with Gasteiger partial charge < -0.3 is 10.2 Å². The van der Waals surface area contributed by atoms with Crippen LogP contribution in [0.5, 0.6) is 0 Å². The maximum Gasteiger partial charge on any atom is 0.264 e. The first-order chi connectivity index (χ1) is 9.85. The molecule has 0 aliphatic heterocycles. The maximum absolute atomic E-state index is 12.1. The number of rotatable bonds is 6. The van der Waals surface area contributed by atoms with E-state index in [2.05, 4.69) is 0 Å². The van der Waals surface area contributed by atoms with Crippen molar-refractivity contribution in [1.82, 2.24) is 4.72 Å². The number of nitriles is 1. The summed E-state index contributed by atoms with van der Waals surface area (Å²) in [5, 5.41) is 27.2. The van der Waals surface area contributed by atoms with E-state index in [-0.39, 0.29) is 16.9 Å². The van der Waals surface area contributed by atoms with E-state index in [1.807, 2.05) is 4.72 Å².